The number of quaternary nitrogens is 1. The van der Waals surface area contributed by atoms with E-state index in [2.05, 4.69) is 26.0 Å². The molecule has 102 valence electrons. The number of hydrogen-bond acceptors (Lipinski definition) is 3. The highest BCUT2D eigenvalue weighted by molar-refractivity contribution is 4.55. The quantitative estimate of drug-likeness (QED) is 0.609. The molecular formula is C12H33N2O2+. The predicted molar refractivity (Wildman–Crippen MR) is 71.6 cm³/mol. The summed E-state index contributed by atoms with van der Waals surface area (Å²) < 4.78 is 0.964. The molecule has 0 aromatic heterocycles. The number of aliphatic hydroxyl groups is 2. The minimum atomic E-state index is 0. The molecule has 0 aliphatic heterocycles. The van der Waals surface area contributed by atoms with E-state index >= 15 is 0 Å². The van der Waals surface area contributed by atoms with E-state index in [1.54, 1.807) is 0 Å². The zero-order valence-corrected chi connectivity index (χ0v) is 9.74. The van der Waals surface area contributed by atoms with E-state index in [4.69, 9.17) is 10.2 Å². The molecule has 0 aromatic rings. The summed E-state index contributed by atoms with van der Waals surface area (Å²) in [6, 6.07) is 0. The van der Waals surface area contributed by atoms with Crippen molar-refractivity contribution in [3.63, 3.8) is 0 Å². The summed E-state index contributed by atoms with van der Waals surface area (Å²) in [5, 5.41) is 17.6. The zero-order chi connectivity index (χ0) is 11.0. The molecule has 0 rings (SSSR count). The molecule has 0 saturated heterocycles. The lowest BCUT2D eigenvalue weighted by Crippen LogP contribution is -2.38. The third-order valence-corrected chi connectivity index (χ3v) is 2.14. The molecule has 4 nitrogen and oxygen atoms in total. The summed E-state index contributed by atoms with van der Waals surface area (Å²) in [5.74, 6) is 0. The first-order chi connectivity index (χ1) is 6.49. The molecule has 4 heteroatoms. The van der Waals surface area contributed by atoms with Crippen LogP contribution in [0, 0.1) is 0 Å². The Labute approximate surface area is 102 Å². The molecule has 0 aliphatic carbocycles. The average molecular weight is 237 g/mol. The summed E-state index contributed by atoms with van der Waals surface area (Å²) >= 11 is 0. The van der Waals surface area contributed by atoms with E-state index in [9.17, 15) is 0 Å². The van der Waals surface area contributed by atoms with Gasteiger partial charge in [-0.2, -0.15) is 0 Å². The standard InChI is InChI=1S/C10H25N2O2.2CH4/c1-12(2,3)8-4-5-11(6-9-13)7-10-14;;/h13-14H,4-10H2,1-3H3;2*1H4/q+1;;. The van der Waals surface area contributed by atoms with Crippen LogP contribution in [-0.4, -0.2) is 80.1 Å². The lowest BCUT2D eigenvalue weighted by Gasteiger charge is -2.26. The van der Waals surface area contributed by atoms with Crippen LogP contribution in [0.1, 0.15) is 21.3 Å². The van der Waals surface area contributed by atoms with Crippen LogP contribution in [0.4, 0.5) is 0 Å². The zero-order valence-electron chi connectivity index (χ0n) is 9.74. The minimum absolute atomic E-state index is 0. The van der Waals surface area contributed by atoms with Gasteiger partial charge in [0, 0.05) is 26.1 Å². The van der Waals surface area contributed by atoms with Crippen LogP contribution in [0.25, 0.3) is 0 Å². The van der Waals surface area contributed by atoms with Crippen molar-refractivity contribution in [2.75, 3.05) is 60.5 Å². The fourth-order valence-electron chi connectivity index (χ4n) is 1.39. The van der Waals surface area contributed by atoms with Crippen molar-refractivity contribution in [1.82, 2.24) is 4.90 Å². The van der Waals surface area contributed by atoms with E-state index in [0.717, 1.165) is 24.0 Å². The van der Waals surface area contributed by atoms with Gasteiger partial charge in [0.1, 0.15) is 0 Å². The van der Waals surface area contributed by atoms with Crippen LogP contribution in [0.2, 0.25) is 0 Å². The first-order valence-electron chi connectivity index (χ1n) is 5.24. The molecule has 2 N–H and O–H groups in total. The molecule has 0 fully saturated rings. The van der Waals surface area contributed by atoms with Gasteiger partial charge < -0.3 is 14.7 Å². The molecule has 0 unspecified atom stereocenters. The van der Waals surface area contributed by atoms with Crippen LogP contribution in [0.5, 0.6) is 0 Å². The maximum Gasteiger partial charge on any atom is 0.0792 e. The van der Waals surface area contributed by atoms with Crippen LogP contribution in [0.3, 0.4) is 0 Å². The highest BCUT2D eigenvalue weighted by atomic mass is 16.3. The van der Waals surface area contributed by atoms with Crippen molar-refractivity contribution < 1.29 is 14.7 Å². The lowest BCUT2D eigenvalue weighted by atomic mass is 10.3. The Morgan fingerprint density at radius 1 is 0.875 bits per heavy atom. The normalized spacial score (nSPS) is 10.9. The van der Waals surface area contributed by atoms with Crippen molar-refractivity contribution in [1.29, 1.82) is 0 Å². The third-order valence-electron chi connectivity index (χ3n) is 2.14. The number of hydrogen-bond donors (Lipinski definition) is 2. The molecule has 0 amide bonds. The van der Waals surface area contributed by atoms with Crippen molar-refractivity contribution in [3.05, 3.63) is 0 Å². The molecule has 0 radical (unpaired) electrons. The third kappa shape index (κ3) is 13.8. The van der Waals surface area contributed by atoms with Gasteiger partial charge in [-0.15, -0.1) is 0 Å². The van der Waals surface area contributed by atoms with Crippen molar-refractivity contribution in [2.45, 2.75) is 21.3 Å². The smallest absolute Gasteiger partial charge is 0.0792 e. The molecule has 0 bridgehead atoms. The van der Waals surface area contributed by atoms with Gasteiger partial charge in [-0.25, -0.2) is 0 Å². The predicted octanol–water partition coefficient (Wildman–Crippen LogP) is 0.642. The summed E-state index contributed by atoms with van der Waals surface area (Å²) in [4.78, 5) is 2.09. The average Bonchev–Trinajstić information content (AvgIpc) is 2.02. The van der Waals surface area contributed by atoms with E-state index in [-0.39, 0.29) is 28.1 Å². The second-order valence-corrected chi connectivity index (χ2v) is 4.66. The van der Waals surface area contributed by atoms with E-state index in [1.165, 1.54) is 0 Å². The second-order valence-electron chi connectivity index (χ2n) is 4.66. The van der Waals surface area contributed by atoms with E-state index < -0.39 is 0 Å². The Morgan fingerprint density at radius 2 is 1.31 bits per heavy atom. The maximum atomic E-state index is 8.80. The van der Waals surface area contributed by atoms with Gasteiger partial charge in [0.25, 0.3) is 0 Å². The lowest BCUT2D eigenvalue weighted by molar-refractivity contribution is -0.870. The molecule has 0 atom stereocenters. The molecular weight excluding hydrogens is 204 g/mol. The number of rotatable bonds is 8. The monoisotopic (exact) mass is 237 g/mol. The van der Waals surface area contributed by atoms with Gasteiger partial charge in [0.15, 0.2) is 0 Å². The second kappa shape index (κ2) is 11.3. The summed E-state index contributed by atoms with van der Waals surface area (Å²) in [7, 11) is 6.51. The van der Waals surface area contributed by atoms with Crippen LogP contribution >= 0.6 is 0 Å². The van der Waals surface area contributed by atoms with Gasteiger partial charge in [-0.3, -0.25) is 4.90 Å². The Kier molecular flexibility index (Phi) is 15.0. The van der Waals surface area contributed by atoms with E-state index in [1.807, 2.05) is 0 Å². The van der Waals surface area contributed by atoms with Crippen LogP contribution in [-0.2, 0) is 0 Å². The topological polar surface area (TPSA) is 43.7 Å². The van der Waals surface area contributed by atoms with Gasteiger partial charge in [-0.05, 0) is 0 Å². The fourth-order valence-corrected chi connectivity index (χ4v) is 1.39. The highest BCUT2D eigenvalue weighted by Crippen LogP contribution is 1.96. The van der Waals surface area contributed by atoms with Gasteiger partial charge in [0.05, 0.1) is 40.9 Å². The molecule has 0 spiro atoms. The largest absolute Gasteiger partial charge is 0.395 e. The van der Waals surface area contributed by atoms with Crippen molar-refractivity contribution in [2.24, 2.45) is 0 Å². The van der Waals surface area contributed by atoms with Gasteiger partial charge >= 0.3 is 0 Å². The molecule has 0 saturated carbocycles. The summed E-state index contributed by atoms with van der Waals surface area (Å²) in [5.41, 5.74) is 0. The highest BCUT2D eigenvalue weighted by Gasteiger charge is 2.08. The van der Waals surface area contributed by atoms with Gasteiger partial charge in [0.2, 0.25) is 0 Å². The molecule has 0 heterocycles. The van der Waals surface area contributed by atoms with Crippen LogP contribution < -0.4 is 0 Å². The maximum absolute atomic E-state index is 8.80. The number of aliphatic hydroxyl groups excluding tert-OH is 2. The van der Waals surface area contributed by atoms with Crippen molar-refractivity contribution in [3.8, 4) is 0 Å². The van der Waals surface area contributed by atoms with Crippen LogP contribution in [0.15, 0.2) is 0 Å². The molecule has 16 heavy (non-hydrogen) atoms. The Balaban J connectivity index is -0.000000845. The molecule has 0 aromatic carbocycles. The van der Waals surface area contributed by atoms with E-state index in [0.29, 0.717) is 13.1 Å². The first kappa shape index (κ1) is 21.2. The Morgan fingerprint density at radius 3 is 1.62 bits per heavy atom. The van der Waals surface area contributed by atoms with Gasteiger partial charge in [-0.1, -0.05) is 14.9 Å². The Bertz CT molecular complexity index is 129. The minimum Gasteiger partial charge on any atom is -0.395 e. The number of nitrogens with zero attached hydrogens (tertiary/aromatic N) is 2. The summed E-state index contributed by atoms with van der Waals surface area (Å²) in [6.45, 7) is 3.74. The first-order valence-corrected chi connectivity index (χ1v) is 5.24. The summed E-state index contributed by atoms with van der Waals surface area (Å²) in [6.07, 6.45) is 1.10. The van der Waals surface area contributed by atoms with Crippen molar-refractivity contribution >= 4 is 0 Å². The fraction of sp³-hybridized carbons (Fsp3) is 1.00. The SMILES string of the molecule is C.C.C[N+](C)(C)CCCN(CCO)CCO. The molecule has 0 aliphatic rings. The Hall–Kier alpha value is -0.160.